The molecule has 0 aromatic heterocycles. The van der Waals surface area contributed by atoms with E-state index in [-0.39, 0.29) is 17.9 Å². The Hall–Kier alpha value is -0.410. The first-order chi connectivity index (χ1) is 6.57. The van der Waals surface area contributed by atoms with E-state index in [1.54, 1.807) is 0 Å². The minimum Gasteiger partial charge on any atom is -0.392 e. The summed E-state index contributed by atoms with van der Waals surface area (Å²) in [6.45, 7) is 9.53. The molecular formula is C11H19NOS. The molecule has 0 radical (unpaired) electrons. The van der Waals surface area contributed by atoms with Crippen molar-refractivity contribution in [2.75, 3.05) is 13.1 Å². The lowest BCUT2D eigenvalue weighted by atomic mass is 9.93. The fourth-order valence-electron chi connectivity index (χ4n) is 1.88. The van der Waals surface area contributed by atoms with Gasteiger partial charge in [-0.1, -0.05) is 32.1 Å². The van der Waals surface area contributed by atoms with E-state index in [1.807, 2.05) is 19.9 Å². The Bertz CT molecular complexity index is 227. The van der Waals surface area contributed by atoms with Gasteiger partial charge >= 0.3 is 0 Å². The predicted molar refractivity (Wildman–Crippen MR) is 63.3 cm³/mol. The van der Waals surface area contributed by atoms with Crippen molar-refractivity contribution in [2.45, 2.75) is 26.4 Å². The summed E-state index contributed by atoms with van der Waals surface area (Å²) in [4.78, 5) is 3.03. The first-order valence-electron chi connectivity index (χ1n) is 5.15. The van der Waals surface area contributed by atoms with Crippen molar-refractivity contribution >= 4 is 17.2 Å². The monoisotopic (exact) mass is 213 g/mol. The zero-order valence-corrected chi connectivity index (χ0v) is 9.76. The van der Waals surface area contributed by atoms with Crippen molar-refractivity contribution in [1.82, 2.24) is 4.90 Å². The SMILES string of the molecule is C=CCN1CC[C@@H]([C@@H](O)C(C)C)C1=S. The molecule has 0 aromatic carbocycles. The Morgan fingerprint density at radius 1 is 1.71 bits per heavy atom. The average Bonchev–Trinajstić information content (AvgIpc) is 2.48. The minimum absolute atomic E-state index is 0.171. The molecule has 0 bridgehead atoms. The van der Waals surface area contributed by atoms with Crippen LogP contribution in [0.2, 0.25) is 0 Å². The van der Waals surface area contributed by atoms with Crippen molar-refractivity contribution in [2.24, 2.45) is 11.8 Å². The highest BCUT2D eigenvalue weighted by Crippen LogP contribution is 2.26. The van der Waals surface area contributed by atoms with Gasteiger partial charge in [-0.25, -0.2) is 0 Å². The molecule has 0 aliphatic carbocycles. The Labute approximate surface area is 91.6 Å². The second-order valence-corrected chi connectivity index (χ2v) is 4.62. The van der Waals surface area contributed by atoms with Gasteiger partial charge in [-0.3, -0.25) is 0 Å². The Balaban J connectivity index is 2.59. The number of aliphatic hydroxyl groups excluding tert-OH is 1. The Morgan fingerprint density at radius 3 is 2.86 bits per heavy atom. The quantitative estimate of drug-likeness (QED) is 0.569. The molecule has 1 saturated heterocycles. The molecule has 0 amide bonds. The number of rotatable bonds is 4. The number of hydrogen-bond donors (Lipinski definition) is 1. The van der Waals surface area contributed by atoms with Crippen molar-refractivity contribution in [1.29, 1.82) is 0 Å². The molecule has 0 unspecified atom stereocenters. The lowest BCUT2D eigenvalue weighted by Crippen LogP contribution is -2.33. The second kappa shape index (κ2) is 4.89. The fraction of sp³-hybridized carbons (Fsp3) is 0.727. The zero-order chi connectivity index (χ0) is 10.7. The van der Waals surface area contributed by atoms with Gasteiger partial charge in [0.1, 0.15) is 0 Å². The molecule has 1 N–H and O–H groups in total. The van der Waals surface area contributed by atoms with E-state index >= 15 is 0 Å². The minimum atomic E-state index is -0.294. The van der Waals surface area contributed by atoms with E-state index in [2.05, 4.69) is 11.5 Å². The van der Waals surface area contributed by atoms with Crippen molar-refractivity contribution in [3.8, 4) is 0 Å². The van der Waals surface area contributed by atoms with Crippen LogP contribution in [0.5, 0.6) is 0 Å². The van der Waals surface area contributed by atoms with Gasteiger partial charge in [0.25, 0.3) is 0 Å². The van der Waals surface area contributed by atoms with Crippen LogP contribution in [-0.4, -0.2) is 34.2 Å². The van der Waals surface area contributed by atoms with E-state index in [0.717, 1.165) is 24.5 Å². The standard InChI is InChI=1S/C11H19NOS/c1-4-6-12-7-5-9(11(12)14)10(13)8(2)3/h4,8-10,13H,1,5-7H2,2-3H3/t9-,10-/m0/s1. The molecule has 3 heteroatoms. The van der Waals surface area contributed by atoms with Crippen molar-refractivity contribution in [3.05, 3.63) is 12.7 Å². The van der Waals surface area contributed by atoms with Crippen LogP contribution < -0.4 is 0 Å². The molecule has 2 nitrogen and oxygen atoms in total. The summed E-state index contributed by atoms with van der Waals surface area (Å²) >= 11 is 5.34. The van der Waals surface area contributed by atoms with Gasteiger partial charge in [0.05, 0.1) is 11.1 Å². The number of hydrogen-bond acceptors (Lipinski definition) is 2. The van der Waals surface area contributed by atoms with Gasteiger partial charge in [0.15, 0.2) is 0 Å². The third-order valence-corrected chi connectivity index (χ3v) is 3.34. The Kier molecular flexibility index (Phi) is 4.08. The first-order valence-corrected chi connectivity index (χ1v) is 5.56. The number of thiocarbonyl (C=S) groups is 1. The highest BCUT2D eigenvalue weighted by Gasteiger charge is 2.33. The maximum Gasteiger partial charge on any atom is 0.0840 e. The molecular weight excluding hydrogens is 194 g/mol. The molecule has 1 heterocycles. The van der Waals surface area contributed by atoms with Crippen molar-refractivity contribution < 1.29 is 5.11 Å². The van der Waals surface area contributed by atoms with Crippen LogP contribution in [0, 0.1) is 11.8 Å². The van der Waals surface area contributed by atoms with Crippen LogP contribution in [0.25, 0.3) is 0 Å². The summed E-state index contributed by atoms with van der Waals surface area (Å²) in [6, 6.07) is 0. The van der Waals surface area contributed by atoms with E-state index < -0.39 is 0 Å². The van der Waals surface area contributed by atoms with Crippen LogP contribution in [-0.2, 0) is 0 Å². The van der Waals surface area contributed by atoms with E-state index in [0.29, 0.717) is 0 Å². The largest absolute Gasteiger partial charge is 0.392 e. The highest BCUT2D eigenvalue weighted by atomic mass is 32.1. The number of nitrogens with zero attached hydrogens (tertiary/aromatic N) is 1. The first kappa shape index (κ1) is 11.7. The van der Waals surface area contributed by atoms with E-state index in [9.17, 15) is 5.11 Å². The molecule has 1 aliphatic heterocycles. The summed E-state index contributed by atoms with van der Waals surface area (Å²) in [6.07, 6.45) is 2.54. The third-order valence-electron chi connectivity index (χ3n) is 2.78. The van der Waals surface area contributed by atoms with Crippen LogP contribution in [0.3, 0.4) is 0 Å². The van der Waals surface area contributed by atoms with E-state index in [4.69, 9.17) is 12.2 Å². The van der Waals surface area contributed by atoms with Gasteiger partial charge in [0.2, 0.25) is 0 Å². The Morgan fingerprint density at radius 2 is 2.36 bits per heavy atom. The van der Waals surface area contributed by atoms with Gasteiger partial charge < -0.3 is 10.0 Å². The summed E-state index contributed by atoms with van der Waals surface area (Å²) in [5.41, 5.74) is 0. The molecule has 14 heavy (non-hydrogen) atoms. The molecule has 1 rings (SSSR count). The fourth-order valence-corrected chi connectivity index (χ4v) is 2.30. The summed E-state index contributed by atoms with van der Waals surface area (Å²) < 4.78 is 0. The lowest BCUT2D eigenvalue weighted by molar-refractivity contribution is 0.0934. The molecule has 0 spiro atoms. The van der Waals surface area contributed by atoms with Gasteiger partial charge in [-0.2, -0.15) is 0 Å². The van der Waals surface area contributed by atoms with E-state index in [1.165, 1.54) is 0 Å². The maximum atomic E-state index is 9.94. The predicted octanol–water partition coefficient (Wildman–Crippen LogP) is 1.84. The molecule has 0 aromatic rings. The molecule has 1 aliphatic rings. The summed E-state index contributed by atoms with van der Waals surface area (Å²) in [5, 5.41) is 9.94. The van der Waals surface area contributed by atoms with Crippen LogP contribution in [0.4, 0.5) is 0 Å². The van der Waals surface area contributed by atoms with Crippen LogP contribution in [0.15, 0.2) is 12.7 Å². The van der Waals surface area contributed by atoms with Gasteiger partial charge in [-0.05, 0) is 12.3 Å². The topological polar surface area (TPSA) is 23.5 Å². The molecule has 0 saturated carbocycles. The number of likely N-dealkylation sites (tertiary alicyclic amines) is 1. The zero-order valence-electron chi connectivity index (χ0n) is 8.94. The van der Waals surface area contributed by atoms with Crippen LogP contribution in [0.1, 0.15) is 20.3 Å². The normalized spacial score (nSPS) is 24.4. The van der Waals surface area contributed by atoms with Crippen molar-refractivity contribution in [3.63, 3.8) is 0 Å². The maximum absolute atomic E-state index is 9.94. The number of aliphatic hydroxyl groups is 1. The van der Waals surface area contributed by atoms with Gasteiger partial charge in [-0.15, -0.1) is 6.58 Å². The third kappa shape index (κ3) is 2.34. The average molecular weight is 213 g/mol. The summed E-state index contributed by atoms with van der Waals surface area (Å²) in [7, 11) is 0. The second-order valence-electron chi connectivity index (χ2n) is 4.20. The van der Waals surface area contributed by atoms with Crippen LogP contribution >= 0.6 is 12.2 Å². The molecule has 2 atom stereocenters. The smallest absolute Gasteiger partial charge is 0.0840 e. The van der Waals surface area contributed by atoms with Gasteiger partial charge in [0, 0.05) is 19.0 Å². The summed E-state index contributed by atoms with van der Waals surface area (Å²) in [5.74, 6) is 0.451. The highest BCUT2D eigenvalue weighted by molar-refractivity contribution is 7.80. The molecule has 1 fully saturated rings. The molecule has 80 valence electrons. The lowest BCUT2D eigenvalue weighted by Gasteiger charge is -2.23.